The van der Waals surface area contributed by atoms with E-state index < -0.39 is 0 Å². The molecule has 0 unspecified atom stereocenters. The molecule has 205 valence electrons. The molecule has 0 amide bonds. The van der Waals surface area contributed by atoms with E-state index in [2.05, 4.69) is 116 Å². The molecule has 0 aliphatic carbocycles. The Morgan fingerprint density at radius 1 is 0.561 bits per heavy atom. The van der Waals surface area contributed by atoms with Crippen molar-refractivity contribution in [1.82, 2.24) is 9.97 Å². The predicted molar refractivity (Wildman–Crippen MR) is 166 cm³/mol. The molecule has 0 atom stereocenters. The van der Waals surface area contributed by atoms with Gasteiger partial charge in [-0.2, -0.15) is 0 Å². The third-order valence-electron chi connectivity index (χ3n) is 6.71. The molecule has 6 aromatic rings. The number of rotatable bonds is 5. The molecule has 0 spiro atoms. The summed E-state index contributed by atoms with van der Waals surface area (Å²) >= 11 is 0. The quantitative estimate of drug-likeness (QED) is 0.167. The van der Waals surface area contributed by atoms with Gasteiger partial charge in [0.05, 0.1) is 0 Å². The number of pyridine rings is 2. The first-order valence-electron chi connectivity index (χ1n) is 13.5. The van der Waals surface area contributed by atoms with Crippen LogP contribution in [0.4, 0.5) is 0 Å². The van der Waals surface area contributed by atoms with Gasteiger partial charge in [0.25, 0.3) is 0 Å². The fourth-order valence-corrected chi connectivity index (χ4v) is 4.43. The Balaban J connectivity index is 0.000000219. The molecule has 6 rings (SSSR count). The van der Waals surface area contributed by atoms with E-state index in [1.807, 2.05) is 49.6 Å². The molecule has 2 aromatic heterocycles. The zero-order chi connectivity index (χ0) is 27.7. The Morgan fingerprint density at radius 3 is 1.68 bits per heavy atom. The van der Waals surface area contributed by atoms with E-state index >= 15 is 0 Å². The van der Waals surface area contributed by atoms with E-state index in [4.69, 9.17) is 4.98 Å². The molecule has 0 bridgehead atoms. The van der Waals surface area contributed by atoms with Crippen molar-refractivity contribution in [2.24, 2.45) is 0 Å². The van der Waals surface area contributed by atoms with Crippen molar-refractivity contribution in [2.45, 2.75) is 27.2 Å². The van der Waals surface area contributed by atoms with E-state index in [1.54, 1.807) is 0 Å². The van der Waals surface area contributed by atoms with E-state index in [0.717, 1.165) is 28.9 Å². The van der Waals surface area contributed by atoms with E-state index in [0.29, 0.717) is 0 Å². The molecule has 41 heavy (non-hydrogen) atoms. The van der Waals surface area contributed by atoms with Crippen LogP contribution in [0.5, 0.6) is 0 Å². The minimum Gasteiger partial charge on any atom is -0.304 e. The normalized spacial score (nSPS) is 10.2. The number of aromatic nitrogens is 2. The summed E-state index contributed by atoms with van der Waals surface area (Å²) in [6.45, 7) is 6.17. The molecule has 3 heteroatoms. The van der Waals surface area contributed by atoms with Crippen LogP contribution in [-0.2, 0) is 26.5 Å². The third kappa shape index (κ3) is 8.17. The van der Waals surface area contributed by atoms with Gasteiger partial charge in [0.15, 0.2) is 0 Å². The second kappa shape index (κ2) is 14.5. The minimum atomic E-state index is 0. The number of nitrogens with zero attached hydrogens (tertiary/aromatic N) is 2. The smallest absolute Gasteiger partial charge is 0.0242 e. The van der Waals surface area contributed by atoms with E-state index in [-0.39, 0.29) is 20.1 Å². The Bertz CT molecular complexity index is 1600. The van der Waals surface area contributed by atoms with Gasteiger partial charge in [-0.3, -0.25) is 0 Å². The second-order valence-corrected chi connectivity index (χ2v) is 10.0. The average molecular weight is 709 g/mol. The van der Waals surface area contributed by atoms with Gasteiger partial charge in [-0.1, -0.05) is 92.7 Å². The maximum absolute atomic E-state index is 4.73. The van der Waals surface area contributed by atoms with Crippen molar-refractivity contribution < 1.29 is 20.1 Å². The molecule has 0 aliphatic heterocycles. The Hall–Kier alpha value is -4.17. The summed E-state index contributed by atoms with van der Waals surface area (Å²) in [6, 6.07) is 46.2. The zero-order valence-corrected chi connectivity index (χ0v) is 26.0. The molecule has 2 nitrogen and oxygen atoms in total. The molecule has 0 fully saturated rings. The van der Waals surface area contributed by atoms with Gasteiger partial charge in [0.2, 0.25) is 0 Å². The van der Waals surface area contributed by atoms with Crippen LogP contribution in [-0.4, -0.2) is 9.97 Å². The molecule has 4 aromatic carbocycles. The molecule has 0 N–H and O–H groups in total. The molecule has 0 saturated heterocycles. The van der Waals surface area contributed by atoms with Crippen LogP contribution in [0.1, 0.15) is 27.8 Å². The molecular weight excluding hydrogens is 677 g/mol. The fourth-order valence-electron chi connectivity index (χ4n) is 4.43. The van der Waals surface area contributed by atoms with Gasteiger partial charge >= 0.3 is 0 Å². The van der Waals surface area contributed by atoms with Crippen LogP contribution in [0.3, 0.4) is 0 Å². The van der Waals surface area contributed by atoms with Gasteiger partial charge in [-0.05, 0) is 47.0 Å². The maximum Gasteiger partial charge on any atom is 0.0242 e. The molecular formula is C38H32IrN2-2. The van der Waals surface area contributed by atoms with Crippen molar-refractivity contribution in [3.63, 3.8) is 0 Å². The zero-order valence-electron chi connectivity index (χ0n) is 23.6. The molecule has 2 heterocycles. The fraction of sp³-hybridized carbons (Fsp3) is 0.105. The first-order chi connectivity index (χ1) is 19.5. The standard InChI is InChI=1S/C25H20N.C13H12N.Ir/c1-19-12-14-22(15-13-19)25-17-23(16-20-8-4-2-5-9-20)24(18-26-25)21-10-6-3-7-11-21;1-10-3-6-12(7-4-10)13-8-5-11(2)9-14-13;/h2-14,17-18H,16H2,1H3;3-6,8-9H,1-2H3;/q2*-1;. The first kappa shape index (κ1) is 29.8. The Kier molecular flexibility index (Phi) is 10.5. The van der Waals surface area contributed by atoms with Crippen molar-refractivity contribution >= 4 is 0 Å². The van der Waals surface area contributed by atoms with Crippen molar-refractivity contribution in [3.8, 4) is 33.6 Å². The van der Waals surface area contributed by atoms with Crippen LogP contribution >= 0.6 is 0 Å². The van der Waals surface area contributed by atoms with Crippen LogP contribution < -0.4 is 0 Å². The number of hydrogen-bond donors (Lipinski definition) is 0. The largest absolute Gasteiger partial charge is 0.304 e. The summed E-state index contributed by atoms with van der Waals surface area (Å²) in [4.78, 5) is 9.07. The maximum atomic E-state index is 4.73. The third-order valence-corrected chi connectivity index (χ3v) is 6.71. The Morgan fingerprint density at radius 2 is 1.12 bits per heavy atom. The second-order valence-electron chi connectivity index (χ2n) is 10.0. The Labute approximate surface area is 257 Å². The van der Waals surface area contributed by atoms with Crippen LogP contribution in [0.2, 0.25) is 0 Å². The number of benzene rings is 4. The summed E-state index contributed by atoms with van der Waals surface area (Å²) in [7, 11) is 0. The molecule has 0 aliphatic rings. The summed E-state index contributed by atoms with van der Waals surface area (Å²) in [5.41, 5.74) is 12.6. The predicted octanol–water partition coefficient (Wildman–Crippen LogP) is 9.28. The van der Waals surface area contributed by atoms with Gasteiger partial charge in [0, 0.05) is 38.1 Å². The summed E-state index contributed by atoms with van der Waals surface area (Å²) in [6.07, 6.45) is 4.76. The first-order valence-corrected chi connectivity index (χ1v) is 13.5. The summed E-state index contributed by atoms with van der Waals surface area (Å²) in [5, 5.41) is 0. The number of aryl methyl sites for hydroxylation is 3. The summed E-state index contributed by atoms with van der Waals surface area (Å²) < 4.78 is 0. The number of hydrogen-bond acceptors (Lipinski definition) is 2. The van der Waals surface area contributed by atoms with E-state index in [1.165, 1.54) is 38.9 Å². The van der Waals surface area contributed by atoms with Gasteiger partial charge < -0.3 is 9.97 Å². The van der Waals surface area contributed by atoms with Crippen LogP contribution in [0.25, 0.3) is 33.6 Å². The topological polar surface area (TPSA) is 25.8 Å². The monoisotopic (exact) mass is 709 g/mol. The van der Waals surface area contributed by atoms with Gasteiger partial charge in [-0.25, -0.2) is 0 Å². The molecule has 1 radical (unpaired) electrons. The van der Waals surface area contributed by atoms with Gasteiger partial charge in [-0.15, -0.1) is 70.8 Å². The van der Waals surface area contributed by atoms with Gasteiger partial charge in [0.1, 0.15) is 0 Å². The SMILES string of the molecule is Cc1c[c-]c(-c2cc(Cc3ccccc3)c(-c3ccccc3)cn2)cc1.Cc1c[c-]c(-c2ccc(C)cn2)cc1.[Ir]. The summed E-state index contributed by atoms with van der Waals surface area (Å²) in [5.74, 6) is 0. The average Bonchev–Trinajstić information content (AvgIpc) is 3.00. The van der Waals surface area contributed by atoms with Crippen LogP contribution in [0, 0.1) is 32.9 Å². The van der Waals surface area contributed by atoms with Crippen LogP contribution in [0.15, 0.2) is 128 Å². The molecule has 0 saturated carbocycles. The minimum absolute atomic E-state index is 0. The van der Waals surface area contributed by atoms with Crippen molar-refractivity contribution in [2.75, 3.05) is 0 Å². The van der Waals surface area contributed by atoms with E-state index in [9.17, 15) is 0 Å². The van der Waals surface area contributed by atoms with Crippen molar-refractivity contribution in [3.05, 3.63) is 168 Å². The van der Waals surface area contributed by atoms with Crippen molar-refractivity contribution in [1.29, 1.82) is 0 Å².